The van der Waals surface area contributed by atoms with Gasteiger partial charge in [0.25, 0.3) is 11.1 Å². The zero-order chi connectivity index (χ0) is 29.0. The number of benzene rings is 3. The molecule has 3 aromatic rings. The van der Waals surface area contributed by atoms with Gasteiger partial charge in [-0.1, -0.05) is 35.3 Å². The summed E-state index contributed by atoms with van der Waals surface area (Å²) in [4.78, 5) is 39.4. The van der Waals surface area contributed by atoms with Crippen LogP contribution in [0.2, 0.25) is 10.0 Å². The summed E-state index contributed by atoms with van der Waals surface area (Å²) in [5, 5.41) is 3.27. The third-order valence-electron chi connectivity index (χ3n) is 5.98. The zero-order valence-electron chi connectivity index (χ0n) is 21.8. The van der Waals surface area contributed by atoms with Crippen molar-refractivity contribution in [1.82, 2.24) is 4.90 Å². The average molecular weight is 711 g/mol. The standard InChI is InChI=1S/C29H25Cl2IN2O5S/c1-4-38-24-11-18(10-23(32)27(24)39-15-19-6-7-20(30)13-22(19)31)12-25-28(36)34(29(37)40-25)14-26(35)33-21-8-5-16(2)17(3)9-21/h5-13H,4,14-15H2,1-3H3,(H,33,35)/b25-12+. The summed E-state index contributed by atoms with van der Waals surface area (Å²) in [6, 6.07) is 14.3. The summed E-state index contributed by atoms with van der Waals surface area (Å²) >= 11 is 15.2. The first-order valence-electron chi connectivity index (χ1n) is 12.2. The molecule has 0 aliphatic carbocycles. The van der Waals surface area contributed by atoms with Crippen LogP contribution in [0.25, 0.3) is 6.08 Å². The van der Waals surface area contributed by atoms with Crippen LogP contribution in [-0.2, 0) is 16.2 Å². The lowest BCUT2D eigenvalue weighted by Crippen LogP contribution is -2.36. The van der Waals surface area contributed by atoms with Crippen molar-refractivity contribution in [1.29, 1.82) is 0 Å². The number of rotatable bonds is 9. The Balaban J connectivity index is 1.49. The molecule has 0 unspecified atom stereocenters. The minimum Gasteiger partial charge on any atom is -0.490 e. The van der Waals surface area contributed by atoms with Crippen molar-refractivity contribution in [2.75, 3.05) is 18.5 Å². The van der Waals surface area contributed by atoms with Crippen LogP contribution < -0.4 is 14.8 Å². The third kappa shape index (κ3) is 7.31. The SMILES string of the molecule is CCOc1cc(/C=C2/SC(=O)N(CC(=O)Nc3ccc(C)c(C)c3)C2=O)cc(I)c1OCc1ccc(Cl)cc1Cl. The third-order valence-corrected chi connectivity index (χ3v) is 8.28. The highest BCUT2D eigenvalue weighted by atomic mass is 127. The number of carbonyl (C=O) groups excluding carboxylic acids is 3. The molecular formula is C29H25Cl2IN2O5S. The van der Waals surface area contributed by atoms with E-state index in [0.717, 1.165) is 36.9 Å². The topological polar surface area (TPSA) is 84.9 Å². The van der Waals surface area contributed by atoms with Crippen LogP contribution in [0.3, 0.4) is 0 Å². The average Bonchev–Trinajstić information content (AvgIpc) is 3.14. The van der Waals surface area contributed by atoms with E-state index in [-0.39, 0.29) is 18.1 Å². The van der Waals surface area contributed by atoms with Crippen LogP contribution in [-0.4, -0.2) is 35.1 Å². The van der Waals surface area contributed by atoms with Gasteiger partial charge < -0.3 is 14.8 Å². The van der Waals surface area contributed by atoms with Gasteiger partial charge in [0.15, 0.2) is 11.5 Å². The van der Waals surface area contributed by atoms with E-state index in [1.54, 1.807) is 36.4 Å². The Kier molecular flexibility index (Phi) is 10.0. The minimum atomic E-state index is -0.532. The van der Waals surface area contributed by atoms with Gasteiger partial charge in [0.05, 0.1) is 15.1 Å². The molecule has 1 heterocycles. The van der Waals surface area contributed by atoms with Crippen LogP contribution >= 0.6 is 57.6 Å². The highest BCUT2D eigenvalue weighted by molar-refractivity contribution is 14.1. The second-order valence-electron chi connectivity index (χ2n) is 8.90. The Hall–Kier alpha value is -2.73. The molecule has 0 atom stereocenters. The van der Waals surface area contributed by atoms with Gasteiger partial charge in [-0.15, -0.1) is 0 Å². The molecule has 1 N–H and O–H groups in total. The number of halogens is 3. The molecule has 11 heteroatoms. The van der Waals surface area contributed by atoms with E-state index in [1.165, 1.54) is 0 Å². The molecule has 40 heavy (non-hydrogen) atoms. The van der Waals surface area contributed by atoms with Gasteiger partial charge >= 0.3 is 0 Å². The Morgan fingerprint density at radius 2 is 1.82 bits per heavy atom. The number of hydrogen-bond donors (Lipinski definition) is 1. The lowest BCUT2D eigenvalue weighted by molar-refractivity contribution is -0.127. The van der Waals surface area contributed by atoms with Gasteiger partial charge in [0.1, 0.15) is 13.2 Å². The maximum Gasteiger partial charge on any atom is 0.294 e. The van der Waals surface area contributed by atoms with Crippen LogP contribution in [0.1, 0.15) is 29.2 Å². The molecule has 0 bridgehead atoms. The number of thioether (sulfide) groups is 1. The number of aryl methyl sites for hydroxylation is 2. The summed E-state index contributed by atoms with van der Waals surface area (Å²) in [6.45, 7) is 5.99. The van der Waals surface area contributed by atoms with E-state index >= 15 is 0 Å². The molecule has 3 aromatic carbocycles. The predicted octanol–water partition coefficient (Wildman–Crippen LogP) is 7.87. The van der Waals surface area contributed by atoms with Gasteiger partial charge in [0.2, 0.25) is 5.91 Å². The Morgan fingerprint density at radius 1 is 1.05 bits per heavy atom. The first-order chi connectivity index (χ1) is 19.0. The lowest BCUT2D eigenvalue weighted by Gasteiger charge is -2.15. The molecule has 1 aliphatic heterocycles. The first kappa shape index (κ1) is 30.2. The monoisotopic (exact) mass is 710 g/mol. The van der Waals surface area contributed by atoms with E-state index < -0.39 is 17.1 Å². The summed E-state index contributed by atoms with van der Waals surface area (Å²) in [5.41, 5.74) is 4.15. The molecule has 7 nitrogen and oxygen atoms in total. The van der Waals surface area contributed by atoms with Crippen LogP contribution in [0.15, 0.2) is 53.4 Å². The van der Waals surface area contributed by atoms with Crippen LogP contribution in [0, 0.1) is 17.4 Å². The molecule has 3 amide bonds. The van der Waals surface area contributed by atoms with E-state index in [2.05, 4.69) is 27.9 Å². The summed E-state index contributed by atoms with van der Waals surface area (Å²) in [6.07, 6.45) is 1.61. The Bertz CT molecular complexity index is 1530. The molecular weight excluding hydrogens is 686 g/mol. The van der Waals surface area contributed by atoms with Crippen molar-refractivity contribution in [3.05, 3.63) is 89.3 Å². The highest BCUT2D eigenvalue weighted by Gasteiger charge is 2.36. The number of hydrogen-bond acceptors (Lipinski definition) is 6. The lowest BCUT2D eigenvalue weighted by atomic mass is 10.1. The number of nitrogens with zero attached hydrogens (tertiary/aromatic N) is 1. The molecule has 1 aliphatic rings. The quantitative estimate of drug-likeness (QED) is 0.180. The van der Waals surface area contributed by atoms with Crippen LogP contribution in [0.5, 0.6) is 11.5 Å². The molecule has 208 valence electrons. The largest absolute Gasteiger partial charge is 0.490 e. The Labute approximate surface area is 260 Å². The van der Waals surface area contributed by atoms with Gasteiger partial charge in [0, 0.05) is 21.3 Å². The maximum atomic E-state index is 13.0. The molecule has 0 spiro atoms. The molecule has 1 saturated heterocycles. The molecule has 1 fully saturated rings. The smallest absolute Gasteiger partial charge is 0.294 e. The fraction of sp³-hybridized carbons (Fsp3) is 0.207. The van der Waals surface area contributed by atoms with Crippen molar-refractivity contribution in [3.8, 4) is 11.5 Å². The second kappa shape index (κ2) is 13.3. The number of anilines is 1. The molecule has 0 radical (unpaired) electrons. The summed E-state index contributed by atoms with van der Waals surface area (Å²) in [7, 11) is 0. The predicted molar refractivity (Wildman–Crippen MR) is 168 cm³/mol. The Morgan fingerprint density at radius 3 is 2.52 bits per heavy atom. The van der Waals surface area contributed by atoms with E-state index in [1.807, 2.05) is 39.0 Å². The number of nitrogens with one attached hydrogen (secondary N) is 1. The van der Waals surface area contributed by atoms with Crippen molar-refractivity contribution in [3.63, 3.8) is 0 Å². The summed E-state index contributed by atoms with van der Waals surface area (Å²) < 4.78 is 12.6. The van der Waals surface area contributed by atoms with E-state index in [9.17, 15) is 14.4 Å². The van der Waals surface area contributed by atoms with Crippen LogP contribution in [0.4, 0.5) is 10.5 Å². The zero-order valence-corrected chi connectivity index (χ0v) is 26.3. The minimum absolute atomic E-state index is 0.203. The molecule has 4 rings (SSSR count). The van der Waals surface area contributed by atoms with Gasteiger partial charge in [-0.25, -0.2) is 0 Å². The van der Waals surface area contributed by atoms with Gasteiger partial charge in [-0.2, -0.15) is 0 Å². The van der Waals surface area contributed by atoms with E-state index in [0.29, 0.717) is 39.4 Å². The first-order valence-corrected chi connectivity index (χ1v) is 14.9. The number of imide groups is 1. The summed E-state index contributed by atoms with van der Waals surface area (Å²) in [5.74, 6) is 0.0256. The van der Waals surface area contributed by atoms with Gasteiger partial charge in [-0.3, -0.25) is 19.3 Å². The fourth-order valence-corrected chi connectivity index (χ4v) is 5.90. The maximum absolute atomic E-state index is 13.0. The van der Waals surface area contributed by atoms with Crippen molar-refractivity contribution < 1.29 is 23.9 Å². The van der Waals surface area contributed by atoms with Gasteiger partial charge in [-0.05, 0) is 114 Å². The second-order valence-corrected chi connectivity index (χ2v) is 11.9. The van der Waals surface area contributed by atoms with Crippen molar-refractivity contribution >= 4 is 86.4 Å². The number of ether oxygens (including phenoxy) is 2. The van der Waals surface area contributed by atoms with Crippen molar-refractivity contribution in [2.24, 2.45) is 0 Å². The molecule has 0 aromatic heterocycles. The van der Waals surface area contributed by atoms with Crippen molar-refractivity contribution in [2.45, 2.75) is 27.4 Å². The van der Waals surface area contributed by atoms with E-state index in [4.69, 9.17) is 32.7 Å². The number of amides is 3. The number of carbonyl (C=O) groups is 3. The molecule has 0 saturated carbocycles. The normalized spacial score (nSPS) is 14.2. The highest BCUT2D eigenvalue weighted by Crippen LogP contribution is 2.38. The fourth-order valence-electron chi connectivity index (χ4n) is 3.81.